The van der Waals surface area contributed by atoms with E-state index in [9.17, 15) is 19.8 Å². The molecule has 2 aliphatic rings. The molecule has 0 spiro atoms. The fourth-order valence-corrected chi connectivity index (χ4v) is 3.51. The quantitative estimate of drug-likeness (QED) is 0.340. The van der Waals surface area contributed by atoms with Gasteiger partial charge in [0.25, 0.3) is 0 Å². The van der Waals surface area contributed by atoms with Crippen LogP contribution in [-0.4, -0.2) is 28.4 Å². The van der Waals surface area contributed by atoms with Gasteiger partial charge >= 0.3 is 11.9 Å². The first-order valence-electron chi connectivity index (χ1n) is 10.9. The molecule has 0 bridgehead atoms. The Hall–Kier alpha value is -2.60. The van der Waals surface area contributed by atoms with E-state index in [0.29, 0.717) is 12.0 Å². The van der Waals surface area contributed by atoms with E-state index >= 15 is 0 Å². The molecule has 0 aromatic rings. The second-order valence-corrected chi connectivity index (χ2v) is 8.45. The number of ether oxygens (including phenoxy) is 2. The molecule has 6 nitrogen and oxygen atoms in total. The Labute approximate surface area is 184 Å². The van der Waals surface area contributed by atoms with Crippen LogP contribution in [0, 0.1) is 5.92 Å². The lowest BCUT2D eigenvalue weighted by Crippen LogP contribution is -2.09. The van der Waals surface area contributed by atoms with Crippen molar-refractivity contribution >= 4 is 11.9 Å². The zero-order valence-electron chi connectivity index (χ0n) is 18.9. The van der Waals surface area contributed by atoms with Crippen molar-refractivity contribution in [1.29, 1.82) is 0 Å². The van der Waals surface area contributed by atoms with E-state index in [1.807, 2.05) is 13.0 Å². The van der Waals surface area contributed by atoms with E-state index in [4.69, 9.17) is 4.74 Å². The first kappa shape index (κ1) is 24.7. The molecular formula is C25H34O6. The second kappa shape index (κ2) is 11.7. The summed E-state index contributed by atoms with van der Waals surface area (Å²) in [5.41, 5.74) is 3.57. The SMILES string of the molecule is CC1=C(O)/C(=C/[C@H](C)CC/C=C(/C)CC/C=C(/C)CCCC2=CC(=O)O[C@H]2O)OC1=O. The van der Waals surface area contributed by atoms with E-state index in [1.54, 1.807) is 6.92 Å². The van der Waals surface area contributed by atoms with Crippen molar-refractivity contribution in [2.75, 3.05) is 0 Å². The van der Waals surface area contributed by atoms with Gasteiger partial charge in [0, 0.05) is 11.6 Å². The lowest BCUT2D eigenvalue weighted by molar-refractivity contribution is -0.151. The summed E-state index contributed by atoms with van der Waals surface area (Å²) in [6.07, 6.45) is 12.9. The topological polar surface area (TPSA) is 93.1 Å². The van der Waals surface area contributed by atoms with Gasteiger partial charge in [0.05, 0.1) is 5.57 Å². The summed E-state index contributed by atoms with van der Waals surface area (Å²) < 4.78 is 9.75. The van der Waals surface area contributed by atoms with Crippen LogP contribution in [0.3, 0.4) is 0 Å². The number of rotatable bonds is 11. The number of hydrogen-bond donors (Lipinski definition) is 2. The fraction of sp³-hybridized carbons (Fsp3) is 0.520. The highest BCUT2D eigenvalue weighted by Gasteiger charge is 2.26. The molecule has 0 saturated carbocycles. The van der Waals surface area contributed by atoms with E-state index < -0.39 is 18.2 Å². The van der Waals surface area contributed by atoms with E-state index in [-0.39, 0.29) is 23.0 Å². The number of aliphatic hydroxyl groups excluding tert-OH is 2. The minimum absolute atomic E-state index is 0.0521. The van der Waals surface area contributed by atoms with Gasteiger partial charge in [-0.3, -0.25) is 0 Å². The highest BCUT2D eigenvalue weighted by atomic mass is 16.6. The van der Waals surface area contributed by atoms with Crippen molar-refractivity contribution < 1.29 is 29.3 Å². The maximum atomic E-state index is 11.4. The molecule has 0 aromatic heterocycles. The van der Waals surface area contributed by atoms with Crippen LogP contribution in [0.15, 0.2) is 58.1 Å². The number of carbonyl (C=O) groups excluding carboxylic acids is 2. The van der Waals surface area contributed by atoms with Crippen LogP contribution in [0.25, 0.3) is 0 Å². The van der Waals surface area contributed by atoms with Crippen LogP contribution in [0.1, 0.15) is 72.6 Å². The van der Waals surface area contributed by atoms with Crippen molar-refractivity contribution in [1.82, 2.24) is 0 Å². The lowest BCUT2D eigenvalue weighted by Gasteiger charge is -2.08. The predicted molar refractivity (Wildman–Crippen MR) is 119 cm³/mol. The maximum absolute atomic E-state index is 11.4. The third-order valence-electron chi connectivity index (χ3n) is 5.56. The minimum atomic E-state index is -1.07. The zero-order chi connectivity index (χ0) is 23.0. The van der Waals surface area contributed by atoms with Crippen molar-refractivity contribution in [3.63, 3.8) is 0 Å². The van der Waals surface area contributed by atoms with Gasteiger partial charge in [0.1, 0.15) is 0 Å². The summed E-state index contributed by atoms with van der Waals surface area (Å²) >= 11 is 0. The number of esters is 2. The average molecular weight is 431 g/mol. The molecule has 2 rings (SSSR count). The van der Waals surface area contributed by atoms with E-state index in [1.165, 1.54) is 17.2 Å². The molecule has 0 aromatic carbocycles. The average Bonchev–Trinajstić information content (AvgIpc) is 3.14. The van der Waals surface area contributed by atoms with Crippen LogP contribution in [0.4, 0.5) is 0 Å². The minimum Gasteiger partial charge on any atom is -0.504 e. The maximum Gasteiger partial charge on any atom is 0.343 e. The molecule has 0 unspecified atom stereocenters. The molecule has 0 saturated heterocycles. The van der Waals surface area contributed by atoms with Crippen LogP contribution in [-0.2, 0) is 19.1 Å². The van der Waals surface area contributed by atoms with Gasteiger partial charge < -0.3 is 19.7 Å². The zero-order valence-corrected chi connectivity index (χ0v) is 18.9. The van der Waals surface area contributed by atoms with Gasteiger partial charge in [-0.1, -0.05) is 30.2 Å². The lowest BCUT2D eigenvalue weighted by atomic mass is 10.0. The third kappa shape index (κ3) is 7.87. The number of cyclic esters (lactones) is 2. The molecule has 2 atom stereocenters. The molecule has 0 radical (unpaired) electrons. The van der Waals surface area contributed by atoms with Crippen molar-refractivity contribution in [3.8, 4) is 0 Å². The normalized spacial score (nSPS) is 22.2. The second-order valence-electron chi connectivity index (χ2n) is 8.45. The molecule has 0 aliphatic carbocycles. The molecule has 2 N–H and O–H groups in total. The summed E-state index contributed by atoms with van der Waals surface area (Å²) in [6, 6.07) is 0. The number of carbonyl (C=O) groups is 2. The van der Waals surface area contributed by atoms with E-state index in [2.05, 4.69) is 30.7 Å². The number of aliphatic hydroxyl groups is 2. The van der Waals surface area contributed by atoms with Crippen LogP contribution >= 0.6 is 0 Å². The van der Waals surface area contributed by atoms with E-state index in [0.717, 1.165) is 38.5 Å². The standard InChI is InChI=1S/C25H34O6/c1-16(10-6-12-18(3)14-21-23(27)19(4)24(28)30-21)8-5-9-17(2)11-7-13-20-15-22(26)31-25(20)29/h9-10,14-15,18,25,27,29H,5-8,11-13H2,1-4H3/b16-10-,17-9-,21-14-/t18-,25-/m1/s1. The molecule has 6 heteroatoms. The van der Waals surface area contributed by atoms with Crippen molar-refractivity contribution in [2.45, 2.75) is 78.9 Å². The monoisotopic (exact) mass is 430 g/mol. The van der Waals surface area contributed by atoms with Crippen molar-refractivity contribution in [2.24, 2.45) is 5.92 Å². The molecule has 2 heterocycles. The van der Waals surface area contributed by atoms with Gasteiger partial charge in [0.15, 0.2) is 11.5 Å². The number of allylic oxidation sites excluding steroid dienone is 5. The fourth-order valence-electron chi connectivity index (χ4n) is 3.51. The summed E-state index contributed by atoms with van der Waals surface area (Å²) in [6.45, 7) is 7.84. The summed E-state index contributed by atoms with van der Waals surface area (Å²) in [5, 5.41) is 19.4. The van der Waals surface area contributed by atoms with Crippen molar-refractivity contribution in [3.05, 3.63) is 58.1 Å². The largest absolute Gasteiger partial charge is 0.504 e. The molecule has 31 heavy (non-hydrogen) atoms. The number of hydrogen-bond acceptors (Lipinski definition) is 6. The third-order valence-corrected chi connectivity index (χ3v) is 5.56. The Balaban J connectivity index is 1.65. The Morgan fingerprint density at radius 3 is 2.45 bits per heavy atom. The van der Waals surface area contributed by atoms with Crippen LogP contribution in [0.5, 0.6) is 0 Å². The highest BCUT2D eigenvalue weighted by Crippen LogP contribution is 2.26. The van der Waals surface area contributed by atoms with Gasteiger partial charge in [0.2, 0.25) is 6.29 Å². The molecular weight excluding hydrogens is 396 g/mol. The Morgan fingerprint density at radius 2 is 1.84 bits per heavy atom. The molecule has 170 valence electrons. The molecule has 0 fully saturated rings. The Kier molecular flexibility index (Phi) is 9.31. The Morgan fingerprint density at radius 1 is 1.16 bits per heavy atom. The van der Waals surface area contributed by atoms with Gasteiger partial charge in [-0.25, -0.2) is 9.59 Å². The summed E-state index contributed by atoms with van der Waals surface area (Å²) in [5.74, 6) is -0.531. The first-order chi connectivity index (χ1) is 14.7. The molecule has 2 aliphatic heterocycles. The highest BCUT2D eigenvalue weighted by molar-refractivity contribution is 5.93. The molecule has 0 amide bonds. The smallest absolute Gasteiger partial charge is 0.343 e. The van der Waals surface area contributed by atoms with Crippen LogP contribution < -0.4 is 0 Å². The Bertz CT molecular complexity index is 840. The predicted octanol–water partition coefficient (Wildman–Crippen LogP) is 5.32. The van der Waals surface area contributed by atoms with Gasteiger partial charge in [-0.2, -0.15) is 0 Å². The van der Waals surface area contributed by atoms with Crippen LogP contribution in [0.2, 0.25) is 0 Å². The summed E-state index contributed by atoms with van der Waals surface area (Å²) in [7, 11) is 0. The summed E-state index contributed by atoms with van der Waals surface area (Å²) in [4.78, 5) is 22.5. The first-order valence-corrected chi connectivity index (χ1v) is 10.9. The van der Waals surface area contributed by atoms with Gasteiger partial charge in [-0.05, 0) is 77.7 Å². The van der Waals surface area contributed by atoms with Gasteiger partial charge in [-0.15, -0.1) is 0 Å².